The SMILES string of the molecule is FC(F)(F)c1cc(C(F)(F)F)cc(C2(C(F)(F)F)CC(c3ccc4c(c3)CNC43CNC3)=NO2)c1. The average Bonchev–Trinajstić information content (AvgIpc) is 3.34. The first-order chi connectivity index (χ1) is 16.1. The first-order valence-corrected chi connectivity index (χ1v) is 10.4. The second-order valence-electron chi connectivity index (χ2n) is 8.84. The molecule has 2 aromatic rings. The van der Waals surface area contributed by atoms with Crippen molar-refractivity contribution in [3.8, 4) is 0 Å². The van der Waals surface area contributed by atoms with Crippen LogP contribution in [0.4, 0.5) is 39.5 Å². The number of benzene rings is 2. The Kier molecular flexibility index (Phi) is 5.03. The molecule has 1 spiro atoms. The molecule has 0 bridgehead atoms. The Morgan fingerprint density at radius 2 is 1.46 bits per heavy atom. The van der Waals surface area contributed by atoms with E-state index in [1.54, 1.807) is 12.1 Å². The predicted octanol–water partition coefficient (Wildman–Crippen LogP) is 5.21. The van der Waals surface area contributed by atoms with Crippen LogP contribution in [0.15, 0.2) is 41.6 Å². The van der Waals surface area contributed by atoms with Crippen molar-refractivity contribution in [2.45, 2.75) is 42.6 Å². The molecule has 2 N–H and O–H groups in total. The fourth-order valence-electron chi connectivity index (χ4n) is 4.68. The molecule has 0 aliphatic carbocycles. The van der Waals surface area contributed by atoms with Crippen LogP contribution in [0.1, 0.15) is 39.8 Å². The molecule has 13 heteroatoms. The van der Waals surface area contributed by atoms with Crippen LogP contribution < -0.4 is 10.6 Å². The zero-order valence-corrected chi connectivity index (χ0v) is 17.5. The lowest BCUT2D eigenvalue weighted by Crippen LogP contribution is -2.62. The lowest BCUT2D eigenvalue weighted by molar-refractivity contribution is -0.276. The van der Waals surface area contributed by atoms with Crippen LogP contribution in [0.3, 0.4) is 0 Å². The van der Waals surface area contributed by atoms with E-state index in [4.69, 9.17) is 0 Å². The molecular formula is C22H16F9N3O. The van der Waals surface area contributed by atoms with Gasteiger partial charge in [-0.1, -0.05) is 17.3 Å². The van der Waals surface area contributed by atoms with Gasteiger partial charge in [-0.2, -0.15) is 39.5 Å². The molecule has 0 amide bonds. The first kappa shape index (κ1) is 23.9. The standard InChI is InChI=1S/C22H16F9N3O/c23-20(24,25)14-4-13(5-15(6-14)21(26,27)28)19(22(29,30)31)7-17(34-35-19)11-1-2-16-12(3-11)8-33-18(16)9-32-10-18/h1-6,32-33H,7-10H2. The molecule has 4 nitrogen and oxygen atoms in total. The van der Waals surface area contributed by atoms with Gasteiger partial charge in [0.25, 0.3) is 5.60 Å². The van der Waals surface area contributed by atoms with E-state index in [0.29, 0.717) is 19.6 Å². The minimum Gasteiger partial charge on any atom is -0.374 e. The Morgan fingerprint density at radius 3 is 1.97 bits per heavy atom. The summed E-state index contributed by atoms with van der Waals surface area (Å²) in [6, 6.07) is 4.68. The van der Waals surface area contributed by atoms with Crippen molar-refractivity contribution in [3.05, 3.63) is 69.8 Å². The van der Waals surface area contributed by atoms with Crippen LogP contribution in [-0.4, -0.2) is 25.0 Å². The van der Waals surface area contributed by atoms with Gasteiger partial charge < -0.3 is 15.5 Å². The van der Waals surface area contributed by atoms with Gasteiger partial charge in [-0.3, -0.25) is 0 Å². The highest BCUT2D eigenvalue weighted by Crippen LogP contribution is 2.51. The molecule has 1 saturated heterocycles. The van der Waals surface area contributed by atoms with Gasteiger partial charge in [0, 0.05) is 31.6 Å². The molecule has 1 fully saturated rings. The highest BCUT2D eigenvalue weighted by molar-refractivity contribution is 6.02. The van der Waals surface area contributed by atoms with Gasteiger partial charge in [-0.05, 0) is 41.0 Å². The molecule has 3 aliphatic rings. The third-order valence-corrected chi connectivity index (χ3v) is 6.66. The molecule has 5 rings (SSSR count). The van der Waals surface area contributed by atoms with E-state index in [0.717, 1.165) is 11.1 Å². The predicted molar refractivity (Wildman–Crippen MR) is 104 cm³/mol. The minimum absolute atomic E-state index is 0.0289. The Hall–Kier alpha value is -2.80. The number of hydrogen-bond acceptors (Lipinski definition) is 4. The number of hydrogen-bond donors (Lipinski definition) is 2. The van der Waals surface area contributed by atoms with Crippen LogP contribution >= 0.6 is 0 Å². The van der Waals surface area contributed by atoms with E-state index < -0.39 is 47.2 Å². The van der Waals surface area contributed by atoms with Crippen LogP contribution in [0.5, 0.6) is 0 Å². The fourth-order valence-corrected chi connectivity index (χ4v) is 4.68. The highest BCUT2D eigenvalue weighted by Gasteiger charge is 2.63. The van der Waals surface area contributed by atoms with Gasteiger partial charge in [0.05, 0.1) is 22.4 Å². The van der Waals surface area contributed by atoms with Crippen molar-refractivity contribution < 1.29 is 44.4 Å². The van der Waals surface area contributed by atoms with Crippen molar-refractivity contribution >= 4 is 5.71 Å². The van der Waals surface area contributed by atoms with Crippen LogP contribution in [0, 0.1) is 0 Å². The van der Waals surface area contributed by atoms with Gasteiger partial charge in [0.15, 0.2) is 0 Å². The Morgan fingerprint density at radius 1 is 0.829 bits per heavy atom. The van der Waals surface area contributed by atoms with Crippen molar-refractivity contribution in [1.82, 2.24) is 10.6 Å². The first-order valence-electron chi connectivity index (χ1n) is 10.4. The summed E-state index contributed by atoms with van der Waals surface area (Å²) in [6.45, 7) is 1.81. The van der Waals surface area contributed by atoms with Gasteiger partial charge in [0.2, 0.25) is 0 Å². The summed E-state index contributed by atoms with van der Waals surface area (Å²) in [5, 5.41) is 9.96. The molecule has 35 heavy (non-hydrogen) atoms. The third-order valence-electron chi connectivity index (χ3n) is 6.66. The summed E-state index contributed by atoms with van der Waals surface area (Å²) < 4.78 is 122. The smallest absolute Gasteiger partial charge is 0.374 e. The van der Waals surface area contributed by atoms with Crippen molar-refractivity contribution in [3.63, 3.8) is 0 Å². The largest absolute Gasteiger partial charge is 0.435 e. The molecule has 188 valence electrons. The van der Waals surface area contributed by atoms with E-state index >= 15 is 0 Å². The van der Waals surface area contributed by atoms with Crippen LogP contribution in [-0.2, 0) is 34.9 Å². The van der Waals surface area contributed by atoms with Crippen LogP contribution in [0.2, 0.25) is 0 Å². The maximum Gasteiger partial charge on any atom is 0.435 e. The molecule has 3 aliphatic heterocycles. The topological polar surface area (TPSA) is 45.7 Å². The number of oxime groups is 1. The molecular weight excluding hydrogens is 493 g/mol. The molecule has 1 atom stereocenters. The molecule has 0 radical (unpaired) electrons. The summed E-state index contributed by atoms with van der Waals surface area (Å²) >= 11 is 0. The molecule has 2 aromatic carbocycles. The normalized spacial score (nSPS) is 23.6. The Labute approximate surface area is 192 Å². The number of nitrogens with one attached hydrogen (secondary N) is 2. The van der Waals surface area contributed by atoms with E-state index in [9.17, 15) is 39.5 Å². The molecule has 0 saturated carbocycles. The van der Waals surface area contributed by atoms with Gasteiger partial charge >= 0.3 is 18.5 Å². The number of rotatable bonds is 2. The third kappa shape index (κ3) is 3.75. The van der Waals surface area contributed by atoms with E-state index in [-0.39, 0.29) is 35.0 Å². The zero-order valence-electron chi connectivity index (χ0n) is 17.5. The summed E-state index contributed by atoms with van der Waals surface area (Å²) in [6.07, 6.45) is -17.1. The average molecular weight is 509 g/mol. The van der Waals surface area contributed by atoms with E-state index in [2.05, 4.69) is 20.6 Å². The molecule has 1 unspecified atom stereocenters. The Bertz CT molecular complexity index is 1180. The maximum atomic E-state index is 14.2. The van der Waals surface area contributed by atoms with E-state index in [1.807, 2.05) is 0 Å². The quantitative estimate of drug-likeness (QED) is 0.547. The van der Waals surface area contributed by atoms with E-state index in [1.165, 1.54) is 6.07 Å². The summed E-state index contributed by atoms with van der Waals surface area (Å²) in [4.78, 5) is 4.69. The second-order valence-corrected chi connectivity index (χ2v) is 8.84. The Balaban J connectivity index is 1.55. The van der Waals surface area contributed by atoms with Crippen molar-refractivity contribution in [2.24, 2.45) is 5.16 Å². The number of alkyl halides is 9. The molecule has 3 heterocycles. The second kappa shape index (κ2) is 7.36. The number of fused-ring (bicyclic) bond motifs is 2. The summed E-state index contributed by atoms with van der Waals surface area (Å²) in [7, 11) is 0. The lowest BCUT2D eigenvalue weighted by atomic mass is 9.82. The maximum absolute atomic E-state index is 14.2. The van der Waals surface area contributed by atoms with Gasteiger partial charge in [0.1, 0.15) is 0 Å². The highest BCUT2D eigenvalue weighted by atomic mass is 19.4. The summed E-state index contributed by atoms with van der Waals surface area (Å²) in [5.41, 5.74) is -7.05. The van der Waals surface area contributed by atoms with Gasteiger partial charge in [-0.25, -0.2) is 0 Å². The fraction of sp³-hybridized carbons (Fsp3) is 0.409. The van der Waals surface area contributed by atoms with Gasteiger partial charge in [-0.15, -0.1) is 0 Å². The molecule has 0 aromatic heterocycles. The monoisotopic (exact) mass is 509 g/mol. The number of nitrogens with zero attached hydrogens (tertiary/aromatic N) is 1. The minimum atomic E-state index is -5.37. The lowest BCUT2D eigenvalue weighted by Gasteiger charge is -2.40. The van der Waals surface area contributed by atoms with Crippen LogP contribution in [0.25, 0.3) is 0 Å². The zero-order chi connectivity index (χ0) is 25.4. The van der Waals surface area contributed by atoms with Crippen molar-refractivity contribution in [2.75, 3.05) is 13.1 Å². The number of halogens is 9. The van der Waals surface area contributed by atoms with Crippen molar-refractivity contribution in [1.29, 1.82) is 0 Å². The summed E-state index contributed by atoms with van der Waals surface area (Å²) in [5.74, 6) is 0.